The van der Waals surface area contributed by atoms with E-state index in [0.29, 0.717) is 0 Å². The number of nitrogens with zero attached hydrogens (tertiary/aromatic N) is 1. The molecule has 2 heteroatoms. The van der Waals surface area contributed by atoms with Crippen molar-refractivity contribution in [1.29, 1.82) is 0 Å². The normalized spacial score (nSPS) is 10.9. The van der Waals surface area contributed by atoms with E-state index in [1.54, 1.807) is 0 Å². The van der Waals surface area contributed by atoms with Crippen LogP contribution in [0.1, 0.15) is 40.0 Å². The van der Waals surface area contributed by atoms with Crippen LogP contribution < -0.4 is 0 Å². The summed E-state index contributed by atoms with van der Waals surface area (Å²) in [6, 6.07) is 0. The van der Waals surface area contributed by atoms with Gasteiger partial charge in [-0.3, -0.25) is 4.84 Å². The Labute approximate surface area is 70.5 Å². The predicted molar refractivity (Wildman–Crippen MR) is 48.4 cm³/mol. The van der Waals surface area contributed by atoms with E-state index in [1.807, 2.05) is 6.92 Å². The number of hydrogen-bond acceptors (Lipinski definition) is 2. The molecule has 0 aromatic rings. The molecule has 0 N–H and O–H groups in total. The van der Waals surface area contributed by atoms with Gasteiger partial charge in [0.15, 0.2) is 0 Å². The first-order valence-electron chi connectivity index (χ1n) is 4.73. The fourth-order valence-corrected chi connectivity index (χ4v) is 1.01. The summed E-state index contributed by atoms with van der Waals surface area (Å²) in [6.07, 6.45) is 3.65. The second-order valence-electron chi connectivity index (χ2n) is 2.70. The molecule has 0 rings (SSSR count). The van der Waals surface area contributed by atoms with Gasteiger partial charge in [0.2, 0.25) is 0 Å². The van der Waals surface area contributed by atoms with E-state index in [9.17, 15) is 0 Å². The van der Waals surface area contributed by atoms with Gasteiger partial charge in [0.1, 0.15) is 0 Å². The van der Waals surface area contributed by atoms with Gasteiger partial charge < -0.3 is 0 Å². The SMILES string of the molecule is CCCCN(CCC)OCC. The third-order valence-electron chi connectivity index (χ3n) is 1.55. The summed E-state index contributed by atoms with van der Waals surface area (Å²) in [4.78, 5) is 5.42. The molecule has 0 spiro atoms. The van der Waals surface area contributed by atoms with E-state index in [0.717, 1.165) is 19.7 Å². The summed E-state index contributed by atoms with van der Waals surface area (Å²) in [5.41, 5.74) is 0. The van der Waals surface area contributed by atoms with E-state index < -0.39 is 0 Å². The molecular formula is C9H21NO. The molecule has 11 heavy (non-hydrogen) atoms. The van der Waals surface area contributed by atoms with Gasteiger partial charge in [-0.05, 0) is 19.8 Å². The topological polar surface area (TPSA) is 12.5 Å². The lowest BCUT2D eigenvalue weighted by molar-refractivity contribution is -0.154. The third kappa shape index (κ3) is 6.32. The summed E-state index contributed by atoms with van der Waals surface area (Å²) in [7, 11) is 0. The summed E-state index contributed by atoms with van der Waals surface area (Å²) >= 11 is 0. The molecule has 2 nitrogen and oxygen atoms in total. The maximum atomic E-state index is 5.42. The number of rotatable bonds is 7. The Kier molecular flexibility index (Phi) is 7.96. The van der Waals surface area contributed by atoms with E-state index >= 15 is 0 Å². The Bertz CT molecular complexity index is 70.0. The van der Waals surface area contributed by atoms with Gasteiger partial charge >= 0.3 is 0 Å². The Hall–Kier alpha value is -0.0800. The van der Waals surface area contributed by atoms with Crippen molar-refractivity contribution in [2.24, 2.45) is 0 Å². The number of hydrogen-bond donors (Lipinski definition) is 0. The van der Waals surface area contributed by atoms with Crippen LogP contribution in [-0.2, 0) is 4.84 Å². The molecule has 0 saturated carbocycles. The molecule has 0 aromatic heterocycles. The van der Waals surface area contributed by atoms with Crippen LogP contribution in [-0.4, -0.2) is 24.8 Å². The quantitative estimate of drug-likeness (QED) is 0.529. The molecule has 0 aliphatic carbocycles. The summed E-state index contributed by atoms with van der Waals surface area (Å²) in [5.74, 6) is 0. The van der Waals surface area contributed by atoms with Crippen LogP contribution >= 0.6 is 0 Å². The first-order chi connectivity index (χ1) is 5.35. The highest BCUT2D eigenvalue weighted by molar-refractivity contribution is 4.44. The standard InChI is InChI=1S/C9H21NO/c1-4-7-9-10(8-5-2)11-6-3/h4-9H2,1-3H3. The Morgan fingerprint density at radius 1 is 1.00 bits per heavy atom. The van der Waals surface area contributed by atoms with E-state index in [1.165, 1.54) is 19.3 Å². The van der Waals surface area contributed by atoms with Gasteiger partial charge in [0, 0.05) is 13.1 Å². The van der Waals surface area contributed by atoms with Crippen LogP contribution in [0.15, 0.2) is 0 Å². The monoisotopic (exact) mass is 159 g/mol. The summed E-state index contributed by atoms with van der Waals surface area (Å²) in [5, 5.41) is 2.07. The third-order valence-corrected chi connectivity index (χ3v) is 1.55. The van der Waals surface area contributed by atoms with E-state index in [4.69, 9.17) is 4.84 Å². The molecule has 0 heterocycles. The van der Waals surface area contributed by atoms with E-state index in [2.05, 4.69) is 18.9 Å². The minimum atomic E-state index is 0.795. The molecule has 0 aliphatic heterocycles. The van der Waals surface area contributed by atoms with Gasteiger partial charge in [0.05, 0.1) is 6.61 Å². The van der Waals surface area contributed by atoms with Gasteiger partial charge in [0.25, 0.3) is 0 Å². The largest absolute Gasteiger partial charge is 0.299 e. The fourth-order valence-electron chi connectivity index (χ4n) is 1.01. The van der Waals surface area contributed by atoms with Crippen LogP contribution in [0.5, 0.6) is 0 Å². The van der Waals surface area contributed by atoms with Crippen LogP contribution in [0.3, 0.4) is 0 Å². The van der Waals surface area contributed by atoms with Crippen molar-refractivity contribution in [2.45, 2.75) is 40.0 Å². The van der Waals surface area contributed by atoms with Crippen LogP contribution in [0.25, 0.3) is 0 Å². The van der Waals surface area contributed by atoms with Gasteiger partial charge in [-0.1, -0.05) is 20.3 Å². The molecule has 0 radical (unpaired) electrons. The van der Waals surface area contributed by atoms with Crippen molar-refractivity contribution in [3.8, 4) is 0 Å². The minimum Gasteiger partial charge on any atom is -0.299 e. The van der Waals surface area contributed by atoms with Crippen molar-refractivity contribution in [2.75, 3.05) is 19.7 Å². The molecule has 68 valence electrons. The lowest BCUT2D eigenvalue weighted by Gasteiger charge is -2.19. The molecular weight excluding hydrogens is 138 g/mol. The first kappa shape index (κ1) is 10.9. The van der Waals surface area contributed by atoms with Gasteiger partial charge in [-0.2, -0.15) is 5.06 Å². The highest BCUT2D eigenvalue weighted by Crippen LogP contribution is 1.97. The lowest BCUT2D eigenvalue weighted by Crippen LogP contribution is -2.25. The molecule has 0 amide bonds. The van der Waals surface area contributed by atoms with Crippen molar-refractivity contribution in [3.05, 3.63) is 0 Å². The summed E-state index contributed by atoms with van der Waals surface area (Å²) in [6.45, 7) is 9.36. The minimum absolute atomic E-state index is 0.795. The maximum Gasteiger partial charge on any atom is 0.0656 e. The zero-order chi connectivity index (χ0) is 8.53. The smallest absolute Gasteiger partial charge is 0.0656 e. The Morgan fingerprint density at radius 3 is 2.18 bits per heavy atom. The Balaban J connectivity index is 3.34. The highest BCUT2D eigenvalue weighted by Gasteiger charge is 2.00. The van der Waals surface area contributed by atoms with Crippen molar-refractivity contribution < 1.29 is 4.84 Å². The maximum absolute atomic E-state index is 5.42. The molecule has 0 atom stereocenters. The van der Waals surface area contributed by atoms with Crippen LogP contribution in [0, 0.1) is 0 Å². The van der Waals surface area contributed by atoms with Crippen LogP contribution in [0.2, 0.25) is 0 Å². The Morgan fingerprint density at radius 2 is 1.73 bits per heavy atom. The predicted octanol–water partition coefficient (Wildman–Crippen LogP) is 2.45. The summed E-state index contributed by atoms with van der Waals surface area (Å²) < 4.78 is 0. The lowest BCUT2D eigenvalue weighted by atomic mass is 10.3. The van der Waals surface area contributed by atoms with Crippen molar-refractivity contribution >= 4 is 0 Å². The second-order valence-corrected chi connectivity index (χ2v) is 2.70. The number of hydroxylamine groups is 2. The average molecular weight is 159 g/mol. The molecule has 0 bridgehead atoms. The van der Waals surface area contributed by atoms with Crippen molar-refractivity contribution in [1.82, 2.24) is 5.06 Å². The molecule has 0 unspecified atom stereocenters. The van der Waals surface area contributed by atoms with E-state index in [-0.39, 0.29) is 0 Å². The molecule has 0 aromatic carbocycles. The first-order valence-corrected chi connectivity index (χ1v) is 4.73. The molecule has 0 aliphatic rings. The average Bonchev–Trinajstić information content (AvgIpc) is 2.01. The molecule has 0 saturated heterocycles. The van der Waals surface area contributed by atoms with Gasteiger partial charge in [-0.15, -0.1) is 0 Å². The number of unbranched alkanes of at least 4 members (excludes halogenated alkanes) is 1. The fraction of sp³-hybridized carbons (Fsp3) is 1.00. The zero-order valence-corrected chi connectivity index (χ0v) is 8.10. The zero-order valence-electron chi connectivity index (χ0n) is 8.10. The highest BCUT2D eigenvalue weighted by atomic mass is 16.7. The second kappa shape index (κ2) is 8.02. The van der Waals surface area contributed by atoms with Crippen LogP contribution in [0.4, 0.5) is 0 Å². The van der Waals surface area contributed by atoms with Gasteiger partial charge in [-0.25, -0.2) is 0 Å². The van der Waals surface area contributed by atoms with Crippen molar-refractivity contribution in [3.63, 3.8) is 0 Å². The molecule has 0 fully saturated rings.